The van der Waals surface area contributed by atoms with Crippen LogP contribution < -0.4 is 0 Å². The zero-order valence-corrected chi connectivity index (χ0v) is 6.59. The summed E-state index contributed by atoms with van der Waals surface area (Å²) in [5.74, 6) is 0. The Morgan fingerprint density at radius 3 is 0.833 bits per heavy atom. The highest BCUT2D eigenvalue weighted by atomic mass is 28.5. The fourth-order valence-corrected chi connectivity index (χ4v) is 1.65. The molecule has 0 aliphatic rings. The quantitative estimate of drug-likeness (QED) is 0.266. The molecule has 8 N–H and O–H groups in total. The molecule has 12 heavy (non-hydrogen) atoms. The Kier molecular flexibility index (Phi) is 14.6. The van der Waals surface area contributed by atoms with Crippen LogP contribution in [-0.4, -0.2) is 87.1 Å². The van der Waals surface area contributed by atoms with Gasteiger partial charge in [0.1, 0.15) is 0 Å². The topological polar surface area (TPSA) is 162 Å². The maximum Gasteiger partial charge on any atom is 0.665 e. The van der Waals surface area contributed by atoms with E-state index in [0.717, 1.165) is 0 Å². The summed E-state index contributed by atoms with van der Waals surface area (Å²) in [7, 11) is -9.96. The third kappa shape index (κ3) is 22.5. The molecule has 0 aliphatic carbocycles. The minimum atomic E-state index is -4.98. The smallest absolute Gasteiger partial charge is 0.412 e. The molecule has 0 atom stereocenters. The molecule has 0 fully saturated rings. The molecule has 0 amide bonds. The van der Waals surface area contributed by atoms with Gasteiger partial charge in [0, 0.05) is 0 Å². The van der Waals surface area contributed by atoms with Crippen molar-refractivity contribution in [3.63, 3.8) is 0 Å². The number of hydrogen-bond donors (Lipinski definition) is 6. The summed E-state index contributed by atoms with van der Waals surface area (Å²) in [4.78, 5) is 47.6. The fraction of sp³-hybridized carbons (Fsp3) is 0. The standard InChI is InChI=1S/2Al.H6O7Si2.H2O.6H/c;;1-8(2,3)7-9(4,5)6;;;;;;;/h;;1-6H;1H2;;;;;;. The Hall–Kier alpha value is 1.18. The van der Waals surface area contributed by atoms with Gasteiger partial charge in [0.2, 0.25) is 0 Å². The predicted octanol–water partition coefficient (Wildman–Crippen LogP) is -7.36. The Bertz CT molecular complexity index is 80.2. The van der Waals surface area contributed by atoms with Crippen LogP contribution in [0.1, 0.15) is 0 Å². The molecule has 76 valence electrons. The lowest BCUT2D eigenvalue weighted by Gasteiger charge is -2.13. The van der Waals surface area contributed by atoms with Gasteiger partial charge in [-0.2, -0.15) is 0 Å². The maximum absolute atomic E-state index is 7.94. The summed E-state index contributed by atoms with van der Waals surface area (Å²) in [5, 5.41) is 0. The van der Waals surface area contributed by atoms with Crippen molar-refractivity contribution in [1.82, 2.24) is 0 Å². The molecule has 0 saturated heterocycles. The molecule has 0 aromatic rings. The summed E-state index contributed by atoms with van der Waals surface area (Å²) in [6.45, 7) is 0. The van der Waals surface area contributed by atoms with Gasteiger partial charge in [-0.1, -0.05) is 0 Å². The van der Waals surface area contributed by atoms with E-state index in [-0.39, 0.29) is 40.2 Å². The van der Waals surface area contributed by atoms with Crippen molar-refractivity contribution in [2.24, 2.45) is 0 Å². The second kappa shape index (κ2) is 7.57. The molecule has 0 unspecified atom stereocenters. The molecule has 0 saturated carbocycles. The second-order valence-corrected chi connectivity index (χ2v) is 4.36. The van der Waals surface area contributed by atoms with E-state index in [1.165, 1.54) is 0 Å². The highest BCUT2D eigenvalue weighted by molar-refractivity contribution is 6.63. The van der Waals surface area contributed by atoms with Crippen molar-refractivity contribution in [3.05, 3.63) is 0 Å². The van der Waals surface area contributed by atoms with Crippen molar-refractivity contribution in [2.75, 3.05) is 0 Å². The van der Waals surface area contributed by atoms with Crippen molar-refractivity contribution >= 4 is 52.8 Å². The number of rotatable bonds is 2. The second-order valence-electron chi connectivity index (χ2n) is 1.25. The molecule has 0 heterocycles. The van der Waals surface area contributed by atoms with E-state index in [2.05, 4.69) is 4.12 Å². The zero-order valence-electron chi connectivity index (χ0n) is 4.59. The summed E-state index contributed by atoms with van der Waals surface area (Å²) in [6, 6.07) is 0. The van der Waals surface area contributed by atoms with E-state index >= 15 is 0 Å². The molecule has 0 spiro atoms. The van der Waals surface area contributed by atoms with E-state index in [0.29, 0.717) is 0 Å². The van der Waals surface area contributed by atoms with E-state index in [1.54, 1.807) is 0 Å². The largest absolute Gasteiger partial charge is 0.665 e. The first-order valence-electron chi connectivity index (χ1n) is 1.75. The normalized spacial score (nSPS) is 10.5. The molecule has 0 bridgehead atoms. The minimum absolute atomic E-state index is 0. The maximum atomic E-state index is 7.94. The van der Waals surface area contributed by atoms with E-state index in [9.17, 15) is 0 Å². The summed E-state index contributed by atoms with van der Waals surface area (Å²) in [6.07, 6.45) is 0. The van der Waals surface area contributed by atoms with Gasteiger partial charge >= 0.3 is 18.1 Å². The van der Waals surface area contributed by atoms with Gasteiger partial charge in [0.05, 0.1) is 0 Å². The first kappa shape index (κ1) is 23.2. The van der Waals surface area contributed by atoms with Crippen molar-refractivity contribution in [3.8, 4) is 0 Å². The molecule has 8 nitrogen and oxygen atoms in total. The van der Waals surface area contributed by atoms with Crippen LogP contribution in [0, 0.1) is 0 Å². The van der Waals surface area contributed by atoms with Gasteiger partial charge < -0.3 is 38.4 Å². The van der Waals surface area contributed by atoms with Crippen LogP contribution in [0.25, 0.3) is 0 Å². The Labute approximate surface area is 91.2 Å². The Morgan fingerprint density at radius 1 is 0.667 bits per heavy atom. The molecule has 0 aromatic heterocycles. The monoisotopic (exact) mass is 252 g/mol. The highest BCUT2D eigenvalue weighted by Crippen LogP contribution is 1.95. The van der Waals surface area contributed by atoms with Gasteiger partial charge in [-0.25, -0.2) is 0 Å². The van der Waals surface area contributed by atoms with Gasteiger partial charge in [-0.15, -0.1) is 0 Å². The minimum Gasteiger partial charge on any atom is -0.412 e. The zero-order chi connectivity index (χ0) is 7.71. The lowest BCUT2D eigenvalue weighted by molar-refractivity contribution is 0.0406. The third-order valence-corrected chi connectivity index (χ3v) is 2.46. The Balaban J connectivity index is -0.000000107. The van der Waals surface area contributed by atoms with E-state index in [4.69, 9.17) is 28.8 Å². The Morgan fingerprint density at radius 2 is 0.833 bits per heavy atom. The molecular weight excluding hydrogens is 238 g/mol. The fourth-order valence-electron chi connectivity index (χ4n) is 0.184. The van der Waals surface area contributed by atoms with Gasteiger partial charge in [0.15, 0.2) is 34.7 Å². The number of hydrogen-bond acceptors (Lipinski definition) is 7. The summed E-state index contributed by atoms with van der Waals surface area (Å²) < 4.78 is 3.24. The molecular formula is H14Al2O8Si2. The van der Waals surface area contributed by atoms with E-state index < -0.39 is 18.1 Å². The highest BCUT2D eigenvalue weighted by Gasteiger charge is 2.45. The average molecular weight is 252 g/mol. The third-order valence-electron chi connectivity index (χ3n) is 0.274. The SMILES string of the molecule is O.O[Si](O)(O)O[Si](O)(O)O.[AlH3].[AlH3]. The van der Waals surface area contributed by atoms with Crippen LogP contribution in [0.3, 0.4) is 0 Å². The molecule has 0 radical (unpaired) electrons. The van der Waals surface area contributed by atoms with Crippen LogP contribution >= 0.6 is 0 Å². The van der Waals surface area contributed by atoms with Crippen LogP contribution in [0.5, 0.6) is 0 Å². The molecule has 12 heteroatoms. The van der Waals surface area contributed by atoms with Crippen molar-refractivity contribution < 1.29 is 38.4 Å². The van der Waals surface area contributed by atoms with Crippen molar-refractivity contribution in [1.29, 1.82) is 0 Å². The lowest BCUT2D eigenvalue weighted by Crippen LogP contribution is -2.53. The lowest BCUT2D eigenvalue weighted by atomic mass is 15.6. The van der Waals surface area contributed by atoms with Crippen LogP contribution in [0.2, 0.25) is 0 Å². The molecule has 0 rings (SSSR count). The molecule has 0 aliphatic heterocycles. The van der Waals surface area contributed by atoms with Gasteiger partial charge in [0.25, 0.3) is 0 Å². The van der Waals surface area contributed by atoms with Crippen LogP contribution in [0.15, 0.2) is 0 Å². The van der Waals surface area contributed by atoms with Crippen LogP contribution in [0.4, 0.5) is 0 Å². The average Bonchev–Trinajstić information content (AvgIpc) is 1.14. The molecule has 0 aromatic carbocycles. The predicted molar refractivity (Wildman–Crippen MR) is 49.4 cm³/mol. The van der Waals surface area contributed by atoms with E-state index in [1.807, 2.05) is 0 Å². The van der Waals surface area contributed by atoms with Gasteiger partial charge in [-0.05, 0) is 0 Å². The van der Waals surface area contributed by atoms with Crippen molar-refractivity contribution in [2.45, 2.75) is 0 Å². The van der Waals surface area contributed by atoms with Crippen LogP contribution in [-0.2, 0) is 4.12 Å². The first-order chi connectivity index (χ1) is 3.71. The van der Waals surface area contributed by atoms with Gasteiger partial charge in [-0.3, -0.25) is 0 Å². The summed E-state index contributed by atoms with van der Waals surface area (Å²) >= 11 is 0. The first-order valence-corrected chi connectivity index (χ1v) is 5.25. The summed E-state index contributed by atoms with van der Waals surface area (Å²) in [5.41, 5.74) is 0.